The minimum atomic E-state index is -0.290. The fourth-order valence-electron chi connectivity index (χ4n) is 2.31. The summed E-state index contributed by atoms with van der Waals surface area (Å²) in [6.07, 6.45) is 1.61. The molecule has 2 heterocycles. The van der Waals surface area contributed by atoms with Gasteiger partial charge >= 0.3 is 0 Å². The Kier molecular flexibility index (Phi) is 2.17. The number of anilines is 1. The average Bonchev–Trinajstić information content (AvgIpc) is 2.66. The fraction of sp³-hybridized carbons (Fsp3) is 0.500. The van der Waals surface area contributed by atoms with E-state index in [-0.39, 0.29) is 5.82 Å². The Morgan fingerprint density at radius 3 is 2.87 bits per heavy atom. The van der Waals surface area contributed by atoms with E-state index in [1.54, 1.807) is 6.20 Å². The zero-order valence-electron chi connectivity index (χ0n) is 8.00. The molecule has 2 aliphatic rings. The molecule has 2 atom stereocenters. The first-order chi connectivity index (χ1) is 7.25. The molecule has 1 aromatic rings. The minimum absolute atomic E-state index is 0.290. The molecule has 80 valence electrons. The van der Waals surface area contributed by atoms with Crippen LogP contribution in [0.25, 0.3) is 0 Å². The van der Waals surface area contributed by atoms with Crippen molar-refractivity contribution in [2.24, 2.45) is 11.8 Å². The van der Waals surface area contributed by atoms with Gasteiger partial charge in [0.25, 0.3) is 0 Å². The summed E-state index contributed by atoms with van der Waals surface area (Å²) in [4.78, 5) is 4.03. The highest BCUT2D eigenvalue weighted by Crippen LogP contribution is 2.43. The van der Waals surface area contributed by atoms with E-state index in [0.29, 0.717) is 28.2 Å². The molecule has 3 nitrogen and oxygen atoms in total. The number of hydrogen-bond donors (Lipinski definition) is 2. The molecule has 5 heteroatoms. The number of aromatic nitrogens is 1. The molecular formula is C10H11BrFN3. The Bertz CT molecular complexity index is 388. The molecule has 0 amide bonds. The van der Waals surface area contributed by atoms with E-state index < -0.39 is 0 Å². The van der Waals surface area contributed by atoms with Gasteiger partial charge in [0.2, 0.25) is 0 Å². The number of nitrogens with one attached hydrogen (secondary N) is 2. The van der Waals surface area contributed by atoms with Crippen LogP contribution in [0.3, 0.4) is 0 Å². The Balaban J connectivity index is 1.72. The van der Waals surface area contributed by atoms with E-state index in [1.165, 1.54) is 6.07 Å². The van der Waals surface area contributed by atoms with Crippen LogP contribution in [-0.4, -0.2) is 24.1 Å². The van der Waals surface area contributed by atoms with Crippen molar-refractivity contribution in [3.63, 3.8) is 0 Å². The van der Waals surface area contributed by atoms with Gasteiger partial charge in [-0.1, -0.05) is 0 Å². The molecule has 3 rings (SSSR count). The summed E-state index contributed by atoms with van der Waals surface area (Å²) in [6, 6.07) is 1.85. The summed E-state index contributed by atoms with van der Waals surface area (Å²) < 4.78 is 14.1. The lowest BCUT2D eigenvalue weighted by molar-refractivity contribution is 0.618. The highest BCUT2D eigenvalue weighted by molar-refractivity contribution is 9.10. The molecule has 1 aromatic heterocycles. The maximum Gasteiger partial charge on any atom is 0.166 e. The lowest BCUT2D eigenvalue weighted by atomic mass is 10.4. The lowest BCUT2D eigenvalue weighted by Crippen LogP contribution is -2.22. The zero-order valence-corrected chi connectivity index (χ0v) is 9.59. The number of hydrogen-bond acceptors (Lipinski definition) is 3. The molecule has 1 saturated carbocycles. The van der Waals surface area contributed by atoms with Gasteiger partial charge in [-0.25, -0.2) is 9.37 Å². The molecule has 1 aliphatic heterocycles. The van der Waals surface area contributed by atoms with Crippen molar-refractivity contribution >= 4 is 21.7 Å². The molecule has 0 radical (unpaired) electrons. The van der Waals surface area contributed by atoms with Crippen LogP contribution in [0.2, 0.25) is 0 Å². The van der Waals surface area contributed by atoms with Crippen LogP contribution in [0.15, 0.2) is 16.7 Å². The van der Waals surface area contributed by atoms with Gasteiger partial charge in [0, 0.05) is 29.8 Å². The molecule has 2 fully saturated rings. The van der Waals surface area contributed by atoms with E-state index in [9.17, 15) is 4.39 Å². The van der Waals surface area contributed by atoms with E-state index in [4.69, 9.17) is 0 Å². The van der Waals surface area contributed by atoms with Crippen LogP contribution in [0, 0.1) is 17.7 Å². The molecule has 0 bridgehead atoms. The molecule has 0 spiro atoms. The van der Waals surface area contributed by atoms with Gasteiger partial charge in [0.1, 0.15) is 0 Å². The Morgan fingerprint density at radius 1 is 1.47 bits per heavy atom. The van der Waals surface area contributed by atoms with E-state index in [1.807, 2.05) is 0 Å². The first-order valence-electron chi connectivity index (χ1n) is 5.04. The van der Waals surface area contributed by atoms with Crippen molar-refractivity contribution in [1.82, 2.24) is 10.3 Å². The third-order valence-electron chi connectivity index (χ3n) is 3.20. The molecule has 0 aromatic carbocycles. The topological polar surface area (TPSA) is 37.0 Å². The maximum atomic E-state index is 13.4. The molecule has 15 heavy (non-hydrogen) atoms. The van der Waals surface area contributed by atoms with Gasteiger partial charge in [-0.3, -0.25) is 0 Å². The van der Waals surface area contributed by atoms with Crippen molar-refractivity contribution in [3.8, 4) is 0 Å². The largest absolute Gasteiger partial charge is 0.364 e. The van der Waals surface area contributed by atoms with Crippen molar-refractivity contribution in [3.05, 3.63) is 22.6 Å². The van der Waals surface area contributed by atoms with E-state index >= 15 is 0 Å². The summed E-state index contributed by atoms with van der Waals surface area (Å²) in [5, 5.41) is 6.47. The number of nitrogens with zero attached hydrogens (tertiary/aromatic N) is 1. The highest BCUT2D eigenvalue weighted by Gasteiger charge is 2.53. The standard InChI is InChI=1S/C10H11BrFN3/c11-5-1-8(12)10(14-2-5)15-9-6-3-13-4-7(6)9/h1-2,6-7,9,13H,3-4H2,(H,14,15). The molecular weight excluding hydrogens is 261 g/mol. The Morgan fingerprint density at radius 2 is 2.20 bits per heavy atom. The van der Waals surface area contributed by atoms with Crippen LogP contribution in [0.4, 0.5) is 10.2 Å². The highest BCUT2D eigenvalue weighted by atomic mass is 79.9. The molecule has 1 saturated heterocycles. The smallest absolute Gasteiger partial charge is 0.166 e. The number of pyridine rings is 1. The van der Waals surface area contributed by atoms with Gasteiger partial charge in [-0.15, -0.1) is 0 Å². The van der Waals surface area contributed by atoms with Gasteiger partial charge in [0.05, 0.1) is 0 Å². The molecule has 1 aliphatic carbocycles. The first-order valence-corrected chi connectivity index (χ1v) is 5.83. The monoisotopic (exact) mass is 271 g/mol. The van der Waals surface area contributed by atoms with E-state index in [0.717, 1.165) is 13.1 Å². The minimum Gasteiger partial charge on any atom is -0.364 e. The van der Waals surface area contributed by atoms with Gasteiger partial charge in [-0.2, -0.15) is 0 Å². The van der Waals surface area contributed by atoms with Crippen molar-refractivity contribution in [1.29, 1.82) is 0 Å². The zero-order chi connectivity index (χ0) is 10.4. The average molecular weight is 272 g/mol. The quantitative estimate of drug-likeness (QED) is 0.859. The van der Waals surface area contributed by atoms with Gasteiger partial charge in [0.15, 0.2) is 11.6 Å². The number of halogens is 2. The van der Waals surface area contributed by atoms with E-state index in [2.05, 4.69) is 31.5 Å². The lowest BCUT2D eigenvalue weighted by Gasteiger charge is -2.08. The number of fused-ring (bicyclic) bond motifs is 1. The van der Waals surface area contributed by atoms with Crippen LogP contribution >= 0.6 is 15.9 Å². The normalized spacial score (nSPS) is 32.5. The van der Waals surface area contributed by atoms with Crippen molar-refractivity contribution in [2.75, 3.05) is 18.4 Å². The first kappa shape index (κ1) is 9.54. The van der Waals surface area contributed by atoms with Crippen molar-refractivity contribution in [2.45, 2.75) is 6.04 Å². The van der Waals surface area contributed by atoms with Gasteiger partial charge in [-0.05, 0) is 33.8 Å². The van der Waals surface area contributed by atoms with Crippen LogP contribution in [0.1, 0.15) is 0 Å². The summed E-state index contributed by atoms with van der Waals surface area (Å²) in [5.74, 6) is 1.41. The summed E-state index contributed by atoms with van der Waals surface area (Å²) in [7, 11) is 0. The Labute approximate surface area is 95.6 Å². The molecule has 2 unspecified atom stereocenters. The van der Waals surface area contributed by atoms with Crippen molar-refractivity contribution < 1.29 is 4.39 Å². The number of piperidine rings is 1. The van der Waals surface area contributed by atoms with Crippen LogP contribution in [0.5, 0.6) is 0 Å². The number of rotatable bonds is 2. The van der Waals surface area contributed by atoms with Crippen LogP contribution < -0.4 is 10.6 Å². The fourth-order valence-corrected chi connectivity index (χ4v) is 2.61. The molecule has 2 N–H and O–H groups in total. The summed E-state index contributed by atoms with van der Waals surface area (Å²) in [6.45, 7) is 2.08. The predicted octanol–water partition coefficient (Wildman–Crippen LogP) is 1.61. The SMILES string of the molecule is Fc1cc(Br)cnc1NC1C2CNCC21. The van der Waals surface area contributed by atoms with Crippen LogP contribution in [-0.2, 0) is 0 Å². The second kappa shape index (κ2) is 3.42. The summed E-state index contributed by atoms with van der Waals surface area (Å²) in [5.41, 5.74) is 0. The van der Waals surface area contributed by atoms with Gasteiger partial charge < -0.3 is 10.6 Å². The summed E-state index contributed by atoms with van der Waals surface area (Å²) >= 11 is 3.19. The maximum absolute atomic E-state index is 13.4. The second-order valence-electron chi connectivity index (χ2n) is 4.14. The third kappa shape index (κ3) is 1.63. The Hall–Kier alpha value is -0.680. The third-order valence-corrected chi connectivity index (χ3v) is 3.64. The second-order valence-corrected chi connectivity index (χ2v) is 5.06. The predicted molar refractivity (Wildman–Crippen MR) is 59.2 cm³/mol.